The van der Waals surface area contributed by atoms with E-state index in [1.54, 1.807) is 7.11 Å². The van der Waals surface area contributed by atoms with Gasteiger partial charge in [-0.15, -0.1) is 0 Å². The van der Waals surface area contributed by atoms with Gasteiger partial charge in [-0.2, -0.15) is 0 Å². The molecule has 1 unspecified atom stereocenters. The first-order valence-electron chi connectivity index (χ1n) is 6.98. The van der Waals surface area contributed by atoms with E-state index < -0.39 is 5.54 Å². The summed E-state index contributed by atoms with van der Waals surface area (Å²) in [6.45, 7) is 5.07. The van der Waals surface area contributed by atoms with Crippen LogP contribution < -0.4 is 5.32 Å². The molecule has 0 saturated heterocycles. The van der Waals surface area contributed by atoms with Gasteiger partial charge in [0.25, 0.3) is 0 Å². The molecule has 1 aromatic carbocycles. The van der Waals surface area contributed by atoms with Crippen LogP contribution in [0, 0.1) is 0 Å². The lowest BCUT2D eigenvalue weighted by molar-refractivity contribution is -0.0245. The molecule has 0 fully saturated rings. The number of benzene rings is 1. The zero-order chi connectivity index (χ0) is 15.1. The summed E-state index contributed by atoms with van der Waals surface area (Å²) in [5.41, 5.74) is 0.281. The second-order valence-electron chi connectivity index (χ2n) is 5.62. The molecule has 20 heavy (non-hydrogen) atoms. The fourth-order valence-corrected chi connectivity index (χ4v) is 1.94. The van der Waals surface area contributed by atoms with Crippen molar-refractivity contribution in [1.29, 1.82) is 0 Å². The highest BCUT2D eigenvalue weighted by Gasteiger charge is 2.30. The largest absolute Gasteiger partial charge is 0.394 e. The molecule has 0 radical (unpaired) electrons. The molecule has 0 heterocycles. The Morgan fingerprint density at radius 1 is 1.20 bits per heavy atom. The second-order valence-corrected chi connectivity index (χ2v) is 5.62. The number of hydrogen-bond acceptors (Lipinski definition) is 4. The minimum absolute atomic E-state index is 0.0127. The van der Waals surface area contributed by atoms with Crippen molar-refractivity contribution < 1.29 is 14.6 Å². The van der Waals surface area contributed by atoms with Crippen molar-refractivity contribution in [3.05, 3.63) is 35.9 Å². The van der Waals surface area contributed by atoms with Crippen LogP contribution in [-0.2, 0) is 15.0 Å². The zero-order valence-corrected chi connectivity index (χ0v) is 13.0. The Bertz CT molecular complexity index is 375. The van der Waals surface area contributed by atoms with E-state index >= 15 is 0 Å². The van der Waals surface area contributed by atoms with Gasteiger partial charge in [0, 0.05) is 13.7 Å². The number of methoxy groups -OCH3 is 1. The van der Waals surface area contributed by atoms with Gasteiger partial charge in [-0.3, -0.25) is 0 Å². The molecular formula is C16H27NO3. The predicted molar refractivity (Wildman–Crippen MR) is 80.8 cm³/mol. The average Bonchev–Trinajstić information content (AvgIpc) is 2.49. The maximum atomic E-state index is 9.77. The first-order valence-corrected chi connectivity index (χ1v) is 6.98. The molecule has 0 spiro atoms. The Balaban J connectivity index is 2.60. The molecule has 0 saturated carbocycles. The summed E-state index contributed by atoms with van der Waals surface area (Å²) in [5, 5.41) is 13.0. The molecule has 0 aliphatic heterocycles. The van der Waals surface area contributed by atoms with Crippen LogP contribution in [0.25, 0.3) is 0 Å². The van der Waals surface area contributed by atoms with Gasteiger partial charge in [0.05, 0.1) is 24.4 Å². The molecule has 0 bridgehead atoms. The average molecular weight is 281 g/mol. The highest BCUT2D eigenvalue weighted by Crippen LogP contribution is 2.21. The van der Waals surface area contributed by atoms with E-state index in [9.17, 15) is 5.11 Å². The van der Waals surface area contributed by atoms with E-state index in [-0.39, 0.29) is 12.2 Å². The Kier molecular flexibility index (Phi) is 6.62. The van der Waals surface area contributed by atoms with E-state index in [2.05, 4.69) is 5.32 Å². The number of aliphatic hydroxyl groups is 1. The Morgan fingerprint density at radius 3 is 2.35 bits per heavy atom. The molecule has 0 aliphatic rings. The van der Waals surface area contributed by atoms with Gasteiger partial charge in [-0.1, -0.05) is 30.3 Å². The van der Waals surface area contributed by atoms with Crippen LogP contribution >= 0.6 is 0 Å². The lowest BCUT2D eigenvalue weighted by Gasteiger charge is -2.32. The van der Waals surface area contributed by atoms with Crippen LogP contribution in [0.2, 0.25) is 0 Å². The maximum absolute atomic E-state index is 9.77. The normalized spacial score (nSPS) is 15.1. The molecule has 0 aromatic heterocycles. The summed E-state index contributed by atoms with van der Waals surface area (Å²) in [6.07, 6.45) is 0.809. The molecule has 0 amide bonds. The van der Waals surface area contributed by atoms with Crippen LogP contribution in [0.5, 0.6) is 0 Å². The number of hydrogen-bond donors (Lipinski definition) is 2. The minimum Gasteiger partial charge on any atom is -0.394 e. The van der Waals surface area contributed by atoms with E-state index in [1.165, 1.54) is 0 Å². The standard InChI is InChI=1S/C16H27NO3/c1-15(2,19-4)10-11-20-13-16(12-18,17-3)14-8-6-5-7-9-14/h5-9,17-18H,10-13H2,1-4H3. The van der Waals surface area contributed by atoms with Crippen LogP contribution in [0.3, 0.4) is 0 Å². The Morgan fingerprint density at radius 2 is 1.85 bits per heavy atom. The summed E-state index contributed by atoms with van der Waals surface area (Å²) in [4.78, 5) is 0. The summed E-state index contributed by atoms with van der Waals surface area (Å²) in [5.74, 6) is 0. The molecule has 1 aromatic rings. The Hall–Kier alpha value is -0.940. The van der Waals surface area contributed by atoms with E-state index in [0.717, 1.165) is 12.0 Å². The fourth-order valence-electron chi connectivity index (χ4n) is 1.94. The SMILES string of the molecule is CNC(CO)(COCCC(C)(C)OC)c1ccccc1. The van der Waals surface area contributed by atoms with Gasteiger partial charge in [-0.25, -0.2) is 0 Å². The van der Waals surface area contributed by atoms with Crippen molar-refractivity contribution in [2.45, 2.75) is 31.4 Å². The van der Waals surface area contributed by atoms with E-state index in [4.69, 9.17) is 9.47 Å². The maximum Gasteiger partial charge on any atom is 0.0903 e. The monoisotopic (exact) mass is 281 g/mol. The van der Waals surface area contributed by atoms with Crippen LogP contribution in [-0.4, -0.2) is 44.7 Å². The summed E-state index contributed by atoms with van der Waals surface area (Å²) < 4.78 is 11.1. The molecule has 4 nitrogen and oxygen atoms in total. The van der Waals surface area contributed by atoms with Gasteiger partial charge in [0.2, 0.25) is 0 Å². The number of nitrogens with one attached hydrogen (secondary N) is 1. The van der Waals surface area contributed by atoms with Gasteiger partial charge in [0.1, 0.15) is 0 Å². The smallest absolute Gasteiger partial charge is 0.0903 e. The van der Waals surface area contributed by atoms with Crippen LogP contribution in [0.4, 0.5) is 0 Å². The lowest BCUT2D eigenvalue weighted by atomic mass is 9.92. The summed E-state index contributed by atoms with van der Waals surface area (Å²) >= 11 is 0. The van der Waals surface area contributed by atoms with Crippen molar-refractivity contribution >= 4 is 0 Å². The number of likely N-dealkylation sites (N-methyl/N-ethyl adjacent to an activating group) is 1. The molecule has 0 aliphatic carbocycles. The van der Waals surface area contributed by atoms with Crippen molar-refractivity contribution in [3.63, 3.8) is 0 Å². The minimum atomic E-state index is -0.557. The molecular weight excluding hydrogens is 254 g/mol. The third kappa shape index (κ3) is 4.56. The number of ether oxygens (including phenoxy) is 2. The molecule has 1 atom stereocenters. The fraction of sp³-hybridized carbons (Fsp3) is 0.625. The third-order valence-electron chi connectivity index (χ3n) is 3.82. The van der Waals surface area contributed by atoms with Crippen molar-refractivity contribution in [2.24, 2.45) is 0 Å². The first kappa shape index (κ1) is 17.1. The van der Waals surface area contributed by atoms with Gasteiger partial charge in [0.15, 0.2) is 0 Å². The quantitative estimate of drug-likeness (QED) is 0.679. The van der Waals surface area contributed by atoms with Gasteiger partial charge in [-0.05, 0) is 32.9 Å². The lowest BCUT2D eigenvalue weighted by Crippen LogP contribution is -2.47. The Labute approximate surface area is 122 Å². The first-order chi connectivity index (χ1) is 9.49. The van der Waals surface area contributed by atoms with Crippen molar-refractivity contribution in [3.8, 4) is 0 Å². The highest BCUT2D eigenvalue weighted by molar-refractivity contribution is 5.24. The molecule has 2 N–H and O–H groups in total. The van der Waals surface area contributed by atoms with Crippen LogP contribution in [0.1, 0.15) is 25.8 Å². The third-order valence-corrected chi connectivity index (χ3v) is 3.82. The summed E-state index contributed by atoms with van der Waals surface area (Å²) in [6, 6.07) is 9.88. The van der Waals surface area contributed by atoms with Crippen molar-refractivity contribution in [2.75, 3.05) is 34.0 Å². The zero-order valence-electron chi connectivity index (χ0n) is 13.0. The van der Waals surface area contributed by atoms with Crippen molar-refractivity contribution in [1.82, 2.24) is 5.32 Å². The molecule has 114 valence electrons. The predicted octanol–water partition coefficient (Wildman–Crippen LogP) is 1.93. The second kappa shape index (κ2) is 7.74. The topological polar surface area (TPSA) is 50.7 Å². The number of rotatable bonds is 9. The number of aliphatic hydroxyl groups excluding tert-OH is 1. The van der Waals surface area contributed by atoms with E-state index in [0.29, 0.717) is 13.2 Å². The summed E-state index contributed by atoms with van der Waals surface area (Å²) in [7, 11) is 3.54. The van der Waals surface area contributed by atoms with Crippen LogP contribution in [0.15, 0.2) is 30.3 Å². The molecule has 1 rings (SSSR count). The highest BCUT2D eigenvalue weighted by atomic mass is 16.5. The van der Waals surface area contributed by atoms with Gasteiger partial charge < -0.3 is 19.9 Å². The van der Waals surface area contributed by atoms with E-state index in [1.807, 2.05) is 51.2 Å². The molecule has 4 heteroatoms. The van der Waals surface area contributed by atoms with Gasteiger partial charge >= 0.3 is 0 Å².